The van der Waals surface area contributed by atoms with E-state index in [9.17, 15) is 4.79 Å². The molecule has 2 saturated heterocycles. The number of carbonyl (C=O) groups is 1. The van der Waals surface area contributed by atoms with Gasteiger partial charge in [-0.15, -0.1) is 0 Å². The molecule has 0 aliphatic carbocycles. The summed E-state index contributed by atoms with van der Waals surface area (Å²) in [5, 5.41) is 0. The van der Waals surface area contributed by atoms with Gasteiger partial charge < -0.3 is 14.4 Å². The van der Waals surface area contributed by atoms with Crippen molar-refractivity contribution in [2.45, 2.75) is 18.9 Å². The molecule has 1 aromatic carbocycles. The summed E-state index contributed by atoms with van der Waals surface area (Å²) in [5.41, 5.74) is 0.866. The average Bonchev–Trinajstić information content (AvgIpc) is 2.40. The number of likely N-dealkylation sites (tertiary alicyclic amines) is 1. The van der Waals surface area contributed by atoms with Gasteiger partial charge in [-0.2, -0.15) is 0 Å². The lowest BCUT2D eigenvalue weighted by molar-refractivity contribution is -0.189. The summed E-state index contributed by atoms with van der Waals surface area (Å²) in [7, 11) is 1.64. The molecule has 0 bridgehead atoms. The molecule has 3 rings (SSSR count). The number of methoxy groups -OCH3 is 1. The minimum atomic E-state index is -0.426. The zero-order valence-corrected chi connectivity index (χ0v) is 11.9. The van der Waals surface area contributed by atoms with Gasteiger partial charge >= 0.3 is 0 Å². The molecule has 108 valence electrons. The number of hydrogen-bond donors (Lipinski definition) is 0. The highest BCUT2D eigenvalue weighted by molar-refractivity contribution is 5.85. The molecule has 20 heavy (non-hydrogen) atoms. The minimum Gasteiger partial charge on any atom is -0.383 e. The Labute approximate surface area is 119 Å². The Morgan fingerprint density at radius 2 is 2.15 bits per heavy atom. The average molecular weight is 275 g/mol. The summed E-state index contributed by atoms with van der Waals surface area (Å²) >= 11 is 0. The van der Waals surface area contributed by atoms with Crippen LogP contribution in [0.3, 0.4) is 0 Å². The van der Waals surface area contributed by atoms with Crippen molar-refractivity contribution in [3.05, 3.63) is 35.9 Å². The molecule has 0 spiro atoms. The molecule has 1 atom stereocenters. The van der Waals surface area contributed by atoms with Crippen LogP contribution in [0.1, 0.15) is 12.0 Å². The molecular formula is C16H21NO3. The number of hydrogen-bond acceptors (Lipinski definition) is 3. The smallest absolute Gasteiger partial charge is 0.236 e. The van der Waals surface area contributed by atoms with Crippen LogP contribution in [0, 0.1) is 5.41 Å². The predicted molar refractivity (Wildman–Crippen MR) is 75.4 cm³/mol. The number of ether oxygens (including phenoxy) is 2. The molecular weight excluding hydrogens is 254 g/mol. The second-order valence-electron chi connectivity index (χ2n) is 5.84. The first-order valence-electron chi connectivity index (χ1n) is 7.17. The number of nitrogens with zero attached hydrogens (tertiary/aromatic N) is 1. The molecule has 2 fully saturated rings. The first-order chi connectivity index (χ1) is 9.75. The summed E-state index contributed by atoms with van der Waals surface area (Å²) < 4.78 is 10.5. The van der Waals surface area contributed by atoms with Gasteiger partial charge in [0.05, 0.1) is 19.8 Å². The maximum atomic E-state index is 12.7. The minimum absolute atomic E-state index is 0.206. The van der Waals surface area contributed by atoms with E-state index >= 15 is 0 Å². The summed E-state index contributed by atoms with van der Waals surface area (Å²) in [6.45, 7) is 2.31. The first kappa shape index (κ1) is 13.6. The van der Waals surface area contributed by atoms with Gasteiger partial charge in [0.25, 0.3) is 0 Å². The van der Waals surface area contributed by atoms with Crippen LogP contribution in [0.25, 0.3) is 0 Å². The summed E-state index contributed by atoms with van der Waals surface area (Å²) in [5.74, 6) is 0.206. The van der Waals surface area contributed by atoms with Gasteiger partial charge in [-0.05, 0) is 18.4 Å². The van der Waals surface area contributed by atoms with Crippen LogP contribution in [0.2, 0.25) is 0 Å². The third kappa shape index (κ3) is 2.34. The Balaban J connectivity index is 1.64. The van der Waals surface area contributed by atoms with Gasteiger partial charge in [-0.25, -0.2) is 0 Å². The van der Waals surface area contributed by atoms with Crippen molar-refractivity contribution < 1.29 is 14.3 Å². The van der Waals surface area contributed by atoms with Gasteiger partial charge in [0, 0.05) is 19.7 Å². The Morgan fingerprint density at radius 1 is 1.40 bits per heavy atom. The first-order valence-corrected chi connectivity index (χ1v) is 7.17. The van der Waals surface area contributed by atoms with Crippen LogP contribution >= 0.6 is 0 Å². The van der Waals surface area contributed by atoms with Crippen LogP contribution in [-0.4, -0.2) is 50.3 Å². The quantitative estimate of drug-likeness (QED) is 0.817. The van der Waals surface area contributed by atoms with Crippen molar-refractivity contribution in [1.82, 2.24) is 4.90 Å². The molecule has 0 N–H and O–H groups in total. The third-order valence-electron chi connectivity index (χ3n) is 4.35. The van der Waals surface area contributed by atoms with E-state index in [-0.39, 0.29) is 5.91 Å². The zero-order valence-electron chi connectivity index (χ0n) is 11.9. The van der Waals surface area contributed by atoms with E-state index in [1.807, 2.05) is 23.1 Å². The Hall–Kier alpha value is -1.39. The largest absolute Gasteiger partial charge is 0.383 e. The molecule has 2 aliphatic rings. The predicted octanol–water partition coefficient (Wildman–Crippen LogP) is 1.49. The van der Waals surface area contributed by atoms with Crippen LogP contribution < -0.4 is 0 Å². The Morgan fingerprint density at radius 3 is 2.65 bits per heavy atom. The van der Waals surface area contributed by atoms with Gasteiger partial charge in [0.15, 0.2) is 0 Å². The fourth-order valence-corrected chi connectivity index (χ4v) is 3.00. The van der Waals surface area contributed by atoms with Crippen LogP contribution in [0.5, 0.6) is 0 Å². The summed E-state index contributed by atoms with van der Waals surface area (Å²) in [6, 6.07) is 10.7. The lowest BCUT2D eigenvalue weighted by atomic mass is 9.82. The molecule has 1 aromatic rings. The number of amides is 1. The second kappa shape index (κ2) is 5.54. The second-order valence-corrected chi connectivity index (χ2v) is 5.84. The highest BCUT2D eigenvalue weighted by Crippen LogP contribution is 2.34. The molecule has 0 saturated carbocycles. The maximum absolute atomic E-state index is 12.7. The normalized spacial score (nSPS) is 23.9. The van der Waals surface area contributed by atoms with Gasteiger partial charge in [-0.1, -0.05) is 30.3 Å². The van der Waals surface area contributed by atoms with Crippen molar-refractivity contribution in [2.24, 2.45) is 5.41 Å². The van der Waals surface area contributed by atoms with Crippen molar-refractivity contribution in [3.8, 4) is 0 Å². The van der Waals surface area contributed by atoms with Crippen molar-refractivity contribution in [3.63, 3.8) is 0 Å². The highest BCUT2D eigenvalue weighted by atomic mass is 16.5. The fourth-order valence-electron chi connectivity index (χ4n) is 3.00. The van der Waals surface area contributed by atoms with Gasteiger partial charge in [0.2, 0.25) is 5.91 Å². The summed E-state index contributed by atoms with van der Waals surface area (Å²) in [4.78, 5) is 14.7. The molecule has 2 heterocycles. The van der Waals surface area contributed by atoms with E-state index in [1.54, 1.807) is 7.11 Å². The molecule has 0 radical (unpaired) electrons. The van der Waals surface area contributed by atoms with Crippen LogP contribution in [-0.2, 0) is 20.7 Å². The molecule has 2 aliphatic heterocycles. The third-order valence-corrected chi connectivity index (χ3v) is 4.35. The monoisotopic (exact) mass is 275 g/mol. The highest BCUT2D eigenvalue weighted by Gasteiger charge is 2.51. The van der Waals surface area contributed by atoms with E-state index in [2.05, 4.69) is 12.1 Å². The molecule has 4 heteroatoms. The SMILES string of the molecule is COCC1(C(=O)N2CCC2Cc2ccccc2)COC1. The van der Waals surface area contributed by atoms with Gasteiger partial charge in [-0.3, -0.25) is 4.79 Å². The molecule has 1 amide bonds. The maximum Gasteiger partial charge on any atom is 0.236 e. The Bertz CT molecular complexity index is 470. The van der Waals surface area contributed by atoms with E-state index in [0.717, 1.165) is 19.4 Å². The van der Waals surface area contributed by atoms with E-state index in [4.69, 9.17) is 9.47 Å². The van der Waals surface area contributed by atoms with Crippen LogP contribution in [0.4, 0.5) is 0 Å². The molecule has 0 aromatic heterocycles. The standard InChI is InChI=1S/C16H21NO3/c1-19-10-16(11-20-12-16)15(18)17-8-7-14(17)9-13-5-3-2-4-6-13/h2-6,14H,7-12H2,1H3. The number of rotatable bonds is 5. The topological polar surface area (TPSA) is 38.8 Å². The number of carbonyl (C=O) groups excluding carboxylic acids is 1. The van der Waals surface area contributed by atoms with Crippen LogP contribution in [0.15, 0.2) is 30.3 Å². The summed E-state index contributed by atoms with van der Waals surface area (Å²) in [6.07, 6.45) is 2.03. The Kier molecular flexibility index (Phi) is 3.76. The van der Waals surface area contributed by atoms with E-state index < -0.39 is 5.41 Å². The lowest BCUT2D eigenvalue weighted by Gasteiger charge is -2.49. The van der Waals surface area contributed by atoms with Crippen molar-refractivity contribution >= 4 is 5.91 Å². The number of benzene rings is 1. The fraction of sp³-hybridized carbons (Fsp3) is 0.562. The molecule has 1 unspecified atom stereocenters. The van der Waals surface area contributed by atoms with E-state index in [0.29, 0.717) is 25.9 Å². The molecule has 4 nitrogen and oxygen atoms in total. The zero-order chi connectivity index (χ0) is 14.0. The van der Waals surface area contributed by atoms with Gasteiger partial charge in [0.1, 0.15) is 5.41 Å². The van der Waals surface area contributed by atoms with E-state index in [1.165, 1.54) is 5.56 Å². The van der Waals surface area contributed by atoms with Crippen molar-refractivity contribution in [2.75, 3.05) is 33.5 Å². The lowest BCUT2D eigenvalue weighted by Crippen LogP contribution is -2.63. The van der Waals surface area contributed by atoms with Crippen molar-refractivity contribution in [1.29, 1.82) is 0 Å².